The highest BCUT2D eigenvalue weighted by molar-refractivity contribution is 8.00. The SMILES string of the molecule is COc1ccc(SCC(=O)N/N=C2/C[C@H]3CC[C@]2(C)C3(C)C)cc1. The van der Waals surface area contributed by atoms with E-state index in [1.54, 1.807) is 7.11 Å². The van der Waals surface area contributed by atoms with Crippen molar-refractivity contribution in [3.63, 3.8) is 0 Å². The molecule has 4 nitrogen and oxygen atoms in total. The third-order valence-corrected chi connectivity index (χ3v) is 7.27. The third-order valence-electron chi connectivity index (χ3n) is 6.26. The summed E-state index contributed by atoms with van der Waals surface area (Å²) in [5, 5.41) is 4.50. The lowest BCUT2D eigenvalue weighted by atomic mass is 9.70. The lowest BCUT2D eigenvalue weighted by Crippen LogP contribution is -2.34. The molecule has 1 amide bonds. The van der Waals surface area contributed by atoms with E-state index >= 15 is 0 Å². The Labute approximate surface area is 148 Å². The van der Waals surface area contributed by atoms with Gasteiger partial charge < -0.3 is 4.74 Å². The zero-order valence-electron chi connectivity index (χ0n) is 14.9. The van der Waals surface area contributed by atoms with Crippen LogP contribution in [0.25, 0.3) is 0 Å². The van der Waals surface area contributed by atoms with Crippen LogP contribution >= 0.6 is 11.8 Å². The highest BCUT2D eigenvalue weighted by Crippen LogP contribution is 2.63. The Bertz CT molecular complexity index is 654. The van der Waals surface area contributed by atoms with E-state index in [9.17, 15) is 4.79 Å². The zero-order valence-corrected chi connectivity index (χ0v) is 15.7. The molecule has 3 rings (SSSR count). The monoisotopic (exact) mass is 346 g/mol. The molecule has 2 atom stereocenters. The van der Waals surface area contributed by atoms with Gasteiger partial charge in [-0.2, -0.15) is 5.10 Å². The predicted molar refractivity (Wildman–Crippen MR) is 98.5 cm³/mol. The number of hydrogen-bond donors (Lipinski definition) is 1. The molecule has 2 bridgehead atoms. The van der Waals surface area contributed by atoms with Gasteiger partial charge in [0.1, 0.15) is 5.75 Å². The Morgan fingerprint density at radius 1 is 1.33 bits per heavy atom. The number of ether oxygens (including phenoxy) is 1. The molecule has 0 spiro atoms. The van der Waals surface area contributed by atoms with Crippen LogP contribution in [0.5, 0.6) is 5.75 Å². The van der Waals surface area contributed by atoms with E-state index in [2.05, 4.69) is 31.3 Å². The maximum Gasteiger partial charge on any atom is 0.250 e. The van der Waals surface area contributed by atoms with Crippen molar-refractivity contribution in [3.8, 4) is 5.75 Å². The lowest BCUT2D eigenvalue weighted by Gasteiger charge is -2.34. The largest absolute Gasteiger partial charge is 0.497 e. The Morgan fingerprint density at radius 3 is 2.58 bits per heavy atom. The summed E-state index contributed by atoms with van der Waals surface area (Å²) < 4.78 is 5.13. The first-order valence-electron chi connectivity index (χ1n) is 8.49. The molecule has 0 heterocycles. The second-order valence-corrected chi connectivity index (χ2v) is 8.60. The maximum atomic E-state index is 12.1. The van der Waals surface area contributed by atoms with Gasteiger partial charge in [-0.25, -0.2) is 5.43 Å². The van der Waals surface area contributed by atoms with Crippen LogP contribution in [-0.2, 0) is 4.79 Å². The third kappa shape index (κ3) is 2.94. The molecule has 2 aliphatic rings. The number of benzene rings is 1. The average Bonchev–Trinajstić information content (AvgIpc) is 2.91. The molecule has 24 heavy (non-hydrogen) atoms. The standard InChI is InChI=1S/C19H26N2O2S/c1-18(2)13-9-10-19(18,3)16(11-13)20-21-17(22)12-24-15-7-5-14(23-4)6-8-15/h5-8,13H,9-12H2,1-4H3,(H,21,22)/b20-16-/t13-,19+/m1/s1. The van der Waals surface area contributed by atoms with Crippen LogP contribution in [0, 0.1) is 16.7 Å². The van der Waals surface area contributed by atoms with E-state index in [1.165, 1.54) is 30.3 Å². The number of hydrazone groups is 1. The number of nitrogens with zero attached hydrogens (tertiary/aromatic N) is 1. The Morgan fingerprint density at radius 2 is 2.04 bits per heavy atom. The number of carbonyl (C=O) groups is 1. The summed E-state index contributed by atoms with van der Waals surface area (Å²) in [5.41, 5.74) is 4.36. The van der Waals surface area contributed by atoms with Gasteiger partial charge in [0.25, 0.3) is 0 Å². The van der Waals surface area contributed by atoms with Gasteiger partial charge in [-0.05, 0) is 54.9 Å². The molecule has 130 valence electrons. The summed E-state index contributed by atoms with van der Waals surface area (Å²) in [6.07, 6.45) is 3.49. The highest BCUT2D eigenvalue weighted by atomic mass is 32.2. The Kier molecular flexibility index (Phi) is 4.65. The van der Waals surface area contributed by atoms with E-state index in [4.69, 9.17) is 4.74 Å². The van der Waals surface area contributed by atoms with Crippen LogP contribution in [0.2, 0.25) is 0 Å². The van der Waals surface area contributed by atoms with Crippen molar-refractivity contribution in [2.45, 2.75) is 44.9 Å². The van der Waals surface area contributed by atoms with E-state index in [0.29, 0.717) is 11.7 Å². The summed E-state index contributed by atoms with van der Waals surface area (Å²) in [6.45, 7) is 6.99. The Balaban J connectivity index is 1.54. The van der Waals surface area contributed by atoms with Gasteiger partial charge in [-0.1, -0.05) is 20.8 Å². The highest BCUT2D eigenvalue weighted by Gasteiger charge is 2.59. The van der Waals surface area contributed by atoms with E-state index in [1.807, 2.05) is 24.3 Å². The Hall–Kier alpha value is -1.49. The number of methoxy groups -OCH3 is 1. The molecule has 0 radical (unpaired) electrons. The average molecular weight is 346 g/mol. The summed E-state index contributed by atoms with van der Waals surface area (Å²) in [6, 6.07) is 7.72. The van der Waals surface area contributed by atoms with Crippen molar-refractivity contribution in [1.82, 2.24) is 5.43 Å². The number of thioether (sulfide) groups is 1. The maximum absolute atomic E-state index is 12.1. The zero-order chi connectivity index (χ0) is 17.4. The smallest absolute Gasteiger partial charge is 0.250 e. The fraction of sp³-hybridized carbons (Fsp3) is 0.579. The second-order valence-electron chi connectivity index (χ2n) is 7.55. The van der Waals surface area contributed by atoms with Gasteiger partial charge in [0.15, 0.2) is 0 Å². The van der Waals surface area contributed by atoms with Crippen LogP contribution in [0.15, 0.2) is 34.3 Å². The van der Waals surface area contributed by atoms with Crippen LogP contribution in [-0.4, -0.2) is 24.5 Å². The minimum atomic E-state index is -0.0486. The number of fused-ring (bicyclic) bond motifs is 2. The molecule has 0 aliphatic heterocycles. The minimum absolute atomic E-state index is 0.0486. The van der Waals surface area contributed by atoms with Crippen molar-refractivity contribution in [1.29, 1.82) is 0 Å². The normalized spacial score (nSPS) is 29.0. The van der Waals surface area contributed by atoms with Gasteiger partial charge >= 0.3 is 0 Å². The van der Waals surface area contributed by atoms with Crippen LogP contribution in [0.1, 0.15) is 40.0 Å². The molecule has 2 aliphatic carbocycles. The predicted octanol–water partition coefficient (Wildman–Crippen LogP) is 4.11. The van der Waals surface area contributed by atoms with Crippen molar-refractivity contribution >= 4 is 23.4 Å². The van der Waals surface area contributed by atoms with Gasteiger partial charge in [-0.15, -0.1) is 11.8 Å². The molecule has 2 saturated carbocycles. The number of rotatable bonds is 5. The molecular weight excluding hydrogens is 320 g/mol. The fourth-order valence-electron chi connectivity index (χ4n) is 4.08. The molecular formula is C19H26N2O2S. The first-order chi connectivity index (χ1) is 11.4. The van der Waals surface area contributed by atoms with E-state index in [-0.39, 0.29) is 16.7 Å². The minimum Gasteiger partial charge on any atom is -0.497 e. The van der Waals surface area contributed by atoms with Gasteiger partial charge in [-0.3, -0.25) is 4.79 Å². The summed E-state index contributed by atoms with van der Waals surface area (Å²) in [5.74, 6) is 1.84. The van der Waals surface area contributed by atoms with Crippen molar-refractivity contribution in [2.24, 2.45) is 21.8 Å². The molecule has 1 N–H and O–H groups in total. The molecule has 0 unspecified atom stereocenters. The first kappa shape index (κ1) is 17.3. The number of carbonyl (C=O) groups excluding carboxylic acids is 1. The fourth-order valence-corrected chi connectivity index (χ4v) is 4.77. The van der Waals surface area contributed by atoms with Crippen molar-refractivity contribution in [2.75, 3.05) is 12.9 Å². The topological polar surface area (TPSA) is 50.7 Å². The van der Waals surface area contributed by atoms with Gasteiger partial charge in [0, 0.05) is 16.0 Å². The molecule has 1 aromatic carbocycles. The molecule has 5 heteroatoms. The lowest BCUT2D eigenvalue weighted by molar-refractivity contribution is -0.118. The number of amides is 1. The van der Waals surface area contributed by atoms with Crippen molar-refractivity contribution < 1.29 is 9.53 Å². The van der Waals surface area contributed by atoms with Crippen molar-refractivity contribution in [3.05, 3.63) is 24.3 Å². The van der Waals surface area contributed by atoms with Crippen LogP contribution < -0.4 is 10.2 Å². The van der Waals surface area contributed by atoms with Gasteiger partial charge in [0.05, 0.1) is 12.9 Å². The number of hydrogen-bond acceptors (Lipinski definition) is 4. The summed E-state index contributed by atoms with van der Waals surface area (Å²) in [7, 11) is 1.65. The van der Waals surface area contributed by atoms with E-state index < -0.39 is 0 Å². The summed E-state index contributed by atoms with van der Waals surface area (Å²) in [4.78, 5) is 13.2. The van der Waals surface area contributed by atoms with Gasteiger partial charge in [0.2, 0.25) is 5.91 Å². The van der Waals surface area contributed by atoms with Crippen LogP contribution in [0.4, 0.5) is 0 Å². The summed E-state index contributed by atoms with van der Waals surface area (Å²) >= 11 is 1.51. The quantitative estimate of drug-likeness (QED) is 0.645. The molecule has 0 aromatic heterocycles. The van der Waals surface area contributed by atoms with E-state index in [0.717, 1.165) is 17.1 Å². The molecule has 1 aromatic rings. The second kappa shape index (κ2) is 6.43. The van der Waals surface area contributed by atoms with Crippen LogP contribution in [0.3, 0.4) is 0 Å². The molecule has 2 fully saturated rings. The first-order valence-corrected chi connectivity index (χ1v) is 9.48. The number of nitrogens with one attached hydrogen (secondary N) is 1. The molecule has 0 saturated heterocycles.